The molecule has 0 aliphatic carbocycles. The second-order valence-electron chi connectivity index (χ2n) is 7.44. The van der Waals surface area contributed by atoms with Crippen LogP contribution in [0.1, 0.15) is 0 Å². The highest BCUT2D eigenvalue weighted by molar-refractivity contribution is 7.92. The molecule has 2 aromatic carbocycles. The van der Waals surface area contributed by atoms with E-state index in [1.165, 1.54) is 27.4 Å². The molecule has 0 bridgehead atoms. The Morgan fingerprint density at radius 2 is 1.69 bits per heavy atom. The number of hydrogen-bond donors (Lipinski definition) is 3. The summed E-state index contributed by atoms with van der Waals surface area (Å²) >= 11 is 0. The summed E-state index contributed by atoms with van der Waals surface area (Å²) in [5.74, 6) is 0.785. The van der Waals surface area contributed by atoms with Crippen molar-refractivity contribution in [3.8, 4) is 28.7 Å². The lowest BCUT2D eigenvalue weighted by atomic mass is 10.2. The van der Waals surface area contributed by atoms with Gasteiger partial charge in [-0.05, 0) is 12.1 Å². The molecule has 0 atom stereocenters. The molecule has 4 rings (SSSR count). The molecule has 0 fully saturated rings. The van der Waals surface area contributed by atoms with Crippen molar-refractivity contribution < 1.29 is 36.5 Å². The van der Waals surface area contributed by atoms with Gasteiger partial charge in [0.2, 0.25) is 21.7 Å². The van der Waals surface area contributed by atoms with Crippen LogP contribution in [0, 0.1) is 5.82 Å². The molecule has 1 aliphatic heterocycles. The molecule has 1 aliphatic rings. The Bertz CT molecular complexity index is 1360. The molecule has 0 saturated heterocycles. The summed E-state index contributed by atoms with van der Waals surface area (Å²) in [7, 11) is 0.742. The molecule has 3 aromatic rings. The molecule has 3 N–H and O–H groups in total. The number of nitrogens with one attached hydrogen (secondary N) is 3. The van der Waals surface area contributed by atoms with E-state index < -0.39 is 15.8 Å². The fourth-order valence-electron chi connectivity index (χ4n) is 3.43. The molecule has 14 heteroatoms. The highest BCUT2D eigenvalue weighted by atomic mass is 32.2. The number of fused-ring (bicyclic) bond motifs is 1. The summed E-state index contributed by atoms with van der Waals surface area (Å²) in [6.07, 6.45) is 1.96. The van der Waals surface area contributed by atoms with E-state index in [9.17, 15) is 12.8 Å². The first-order valence-corrected chi connectivity index (χ1v) is 12.4. The Morgan fingerprint density at radius 3 is 2.33 bits per heavy atom. The SMILES string of the molecule is COc1cc(Nc2ncc(F)c(Nc3ccc4c(c3NS(C)(=O)=O)OCCO4)n2)cc(OC)c1OC. The minimum atomic E-state index is -3.70. The molecular formula is C22H24FN5O7S. The first-order chi connectivity index (χ1) is 17.2. The van der Waals surface area contributed by atoms with E-state index in [2.05, 4.69) is 25.3 Å². The van der Waals surface area contributed by atoms with Crippen molar-refractivity contribution in [2.75, 3.05) is 56.2 Å². The maximum Gasteiger partial charge on any atom is 0.230 e. The van der Waals surface area contributed by atoms with Gasteiger partial charge in [-0.1, -0.05) is 0 Å². The van der Waals surface area contributed by atoms with E-state index in [0.717, 1.165) is 12.5 Å². The van der Waals surface area contributed by atoms with Crippen molar-refractivity contribution in [3.05, 3.63) is 36.3 Å². The molecule has 0 spiro atoms. The summed E-state index contributed by atoms with van der Waals surface area (Å²) < 4.78 is 68.2. The number of sulfonamides is 1. The van der Waals surface area contributed by atoms with Crippen molar-refractivity contribution >= 4 is 38.9 Å². The van der Waals surface area contributed by atoms with Crippen LogP contribution in [0.4, 0.5) is 33.2 Å². The average Bonchev–Trinajstić information content (AvgIpc) is 2.86. The Morgan fingerprint density at radius 1 is 1.00 bits per heavy atom. The second kappa shape index (κ2) is 10.2. The van der Waals surface area contributed by atoms with Gasteiger partial charge in [0.15, 0.2) is 34.6 Å². The quantitative estimate of drug-likeness (QED) is 0.382. The summed E-state index contributed by atoms with van der Waals surface area (Å²) in [6.45, 7) is 0.536. The van der Waals surface area contributed by atoms with Gasteiger partial charge in [-0.3, -0.25) is 4.72 Å². The van der Waals surface area contributed by atoms with Crippen LogP contribution >= 0.6 is 0 Å². The molecule has 0 amide bonds. The molecule has 192 valence electrons. The highest BCUT2D eigenvalue weighted by Gasteiger charge is 2.23. The molecule has 0 unspecified atom stereocenters. The standard InChI is InChI=1S/C22H24FN5O7S/c1-31-16-9-12(10-17(32-2)19(16)33-3)25-22-24-11-13(23)21(27-22)26-14-5-6-15-20(35-8-7-34-15)18(14)28-36(4,29)30/h5-6,9-11,28H,7-8H2,1-4H3,(H2,24,25,26,27). The van der Waals surface area contributed by atoms with Gasteiger partial charge in [0.25, 0.3) is 0 Å². The first-order valence-electron chi connectivity index (χ1n) is 10.5. The highest BCUT2D eigenvalue weighted by Crippen LogP contribution is 2.44. The fourth-order valence-corrected chi connectivity index (χ4v) is 4.01. The summed E-state index contributed by atoms with van der Waals surface area (Å²) in [6, 6.07) is 6.37. The molecule has 12 nitrogen and oxygen atoms in total. The zero-order chi connectivity index (χ0) is 25.9. The number of halogens is 1. The number of hydrogen-bond acceptors (Lipinski definition) is 11. The Hall–Kier alpha value is -4.20. The Labute approximate surface area is 206 Å². The number of methoxy groups -OCH3 is 3. The molecule has 1 aromatic heterocycles. The van der Waals surface area contributed by atoms with Crippen molar-refractivity contribution in [3.63, 3.8) is 0 Å². The van der Waals surface area contributed by atoms with Crippen molar-refractivity contribution in [1.29, 1.82) is 0 Å². The van der Waals surface area contributed by atoms with Gasteiger partial charge in [0, 0.05) is 17.8 Å². The van der Waals surface area contributed by atoms with E-state index in [4.69, 9.17) is 23.7 Å². The van der Waals surface area contributed by atoms with Crippen LogP contribution in [0.2, 0.25) is 0 Å². The molecule has 2 heterocycles. The number of rotatable bonds is 9. The predicted molar refractivity (Wildman–Crippen MR) is 131 cm³/mol. The van der Waals surface area contributed by atoms with E-state index in [1.807, 2.05) is 0 Å². The van der Waals surface area contributed by atoms with Crippen LogP contribution < -0.4 is 39.0 Å². The smallest absolute Gasteiger partial charge is 0.230 e. The Balaban J connectivity index is 1.68. The average molecular weight is 522 g/mol. The number of aromatic nitrogens is 2. The van der Waals surface area contributed by atoms with Crippen LogP contribution in [0.3, 0.4) is 0 Å². The van der Waals surface area contributed by atoms with Gasteiger partial charge in [0.1, 0.15) is 18.9 Å². The monoisotopic (exact) mass is 521 g/mol. The maximum absolute atomic E-state index is 14.7. The lowest BCUT2D eigenvalue weighted by molar-refractivity contribution is 0.173. The largest absolute Gasteiger partial charge is 0.493 e. The van der Waals surface area contributed by atoms with Gasteiger partial charge >= 0.3 is 0 Å². The fraction of sp³-hybridized carbons (Fsp3) is 0.273. The van der Waals surface area contributed by atoms with Gasteiger partial charge in [-0.25, -0.2) is 17.8 Å². The van der Waals surface area contributed by atoms with Crippen molar-refractivity contribution in [1.82, 2.24) is 9.97 Å². The van der Waals surface area contributed by atoms with Gasteiger partial charge in [-0.15, -0.1) is 0 Å². The lowest BCUT2D eigenvalue weighted by Gasteiger charge is -2.23. The third-order valence-corrected chi connectivity index (χ3v) is 5.49. The maximum atomic E-state index is 14.7. The van der Waals surface area contributed by atoms with Gasteiger partial charge < -0.3 is 34.3 Å². The minimum absolute atomic E-state index is 0.0448. The molecule has 0 saturated carbocycles. The normalized spacial score (nSPS) is 12.5. The third-order valence-electron chi connectivity index (χ3n) is 4.91. The van der Waals surface area contributed by atoms with E-state index in [0.29, 0.717) is 35.3 Å². The van der Waals surface area contributed by atoms with Crippen LogP contribution in [0.15, 0.2) is 30.5 Å². The minimum Gasteiger partial charge on any atom is -0.493 e. The van der Waals surface area contributed by atoms with Crippen molar-refractivity contribution in [2.24, 2.45) is 0 Å². The summed E-state index contributed by atoms with van der Waals surface area (Å²) in [5.41, 5.74) is 0.744. The number of nitrogens with zero attached hydrogens (tertiary/aromatic N) is 2. The van der Waals surface area contributed by atoms with Crippen LogP contribution in [-0.2, 0) is 10.0 Å². The first kappa shape index (κ1) is 24.9. The lowest BCUT2D eigenvalue weighted by Crippen LogP contribution is -2.19. The molecule has 0 radical (unpaired) electrons. The Kier molecular flexibility index (Phi) is 7.05. The third kappa shape index (κ3) is 5.38. The van der Waals surface area contributed by atoms with Gasteiger partial charge in [0.05, 0.1) is 39.5 Å². The molecule has 36 heavy (non-hydrogen) atoms. The zero-order valence-electron chi connectivity index (χ0n) is 19.8. The second-order valence-corrected chi connectivity index (χ2v) is 9.19. The van der Waals surface area contributed by atoms with Crippen LogP contribution in [0.5, 0.6) is 28.7 Å². The van der Waals surface area contributed by atoms with E-state index >= 15 is 0 Å². The topological polar surface area (TPSA) is 142 Å². The van der Waals surface area contributed by atoms with E-state index in [1.54, 1.807) is 18.2 Å². The van der Waals surface area contributed by atoms with Gasteiger partial charge in [-0.2, -0.15) is 4.98 Å². The summed E-state index contributed by atoms with van der Waals surface area (Å²) in [5, 5.41) is 5.77. The predicted octanol–water partition coefficient (Wildman–Crippen LogP) is 3.27. The number of benzene rings is 2. The van der Waals surface area contributed by atoms with Crippen LogP contribution in [0.25, 0.3) is 0 Å². The number of anilines is 5. The van der Waals surface area contributed by atoms with Crippen molar-refractivity contribution in [2.45, 2.75) is 0 Å². The molecular weight excluding hydrogens is 497 g/mol. The summed E-state index contributed by atoms with van der Waals surface area (Å²) in [4.78, 5) is 8.17. The zero-order valence-corrected chi connectivity index (χ0v) is 20.7. The van der Waals surface area contributed by atoms with Crippen LogP contribution in [-0.4, -0.2) is 59.2 Å². The number of ether oxygens (including phenoxy) is 5. The van der Waals surface area contributed by atoms with E-state index in [-0.39, 0.29) is 35.5 Å².